The van der Waals surface area contributed by atoms with E-state index in [9.17, 15) is 4.79 Å². The van der Waals surface area contributed by atoms with Gasteiger partial charge in [0.15, 0.2) is 0 Å². The number of H-pyrrole nitrogens is 2. The Kier molecular flexibility index (Phi) is 3.02. The van der Waals surface area contributed by atoms with Gasteiger partial charge < -0.3 is 15.3 Å². The van der Waals surface area contributed by atoms with Crippen LogP contribution in [0.1, 0.15) is 27.4 Å². The minimum Gasteiger partial charge on any atom is -0.358 e. The van der Waals surface area contributed by atoms with Gasteiger partial charge in [-0.25, -0.2) is 4.98 Å². The average Bonchev–Trinajstić information content (AvgIpc) is 3.06. The van der Waals surface area contributed by atoms with Crippen LogP contribution in [0.2, 0.25) is 0 Å². The third kappa shape index (κ3) is 2.18. The maximum absolute atomic E-state index is 12.1. The quantitative estimate of drug-likeness (QED) is 0.682. The van der Waals surface area contributed by atoms with Gasteiger partial charge in [-0.3, -0.25) is 4.79 Å². The highest BCUT2D eigenvalue weighted by molar-refractivity contribution is 5.98. The van der Waals surface area contributed by atoms with Crippen molar-refractivity contribution in [3.05, 3.63) is 53.2 Å². The van der Waals surface area contributed by atoms with E-state index in [2.05, 4.69) is 27.2 Å². The van der Waals surface area contributed by atoms with Gasteiger partial charge in [0, 0.05) is 34.6 Å². The molecule has 0 aliphatic heterocycles. The Morgan fingerprint density at radius 1 is 1.35 bits per heavy atom. The van der Waals surface area contributed by atoms with Gasteiger partial charge >= 0.3 is 0 Å². The molecule has 3 rings (SSSR count). The highest BCUT2D eigenvalue weighted by atomic mass is 16.1. The number of hydrogen-bond donors (Lipinski definition) is 3. The third-order valence-electron chi connectivity index (χ3n) is 3.54. The number of rotatable bonds is 3. The molecule has 1 aromatic carbocycles. The largest absolute Gasteiger partial charge is 0.358 e. The van der Waals surface area contributed by atoms with Crippen LogP contribution in [0.25, 0.3) is 10.9 Å². The zero-order chi connectivity index (χ0) is 14.1. The second-order valence-corrected chi connectivity index (χ2v) is 4.85. The highest BCUT2D eigenvalue weighted by Crippen LogP contribution is 2.22. The van der Waals surface area contributed by atoms with Gasteiger partial charge in [-0.15, -0.1) is 0 Å². The molecule has 3 N–H and O–H groups in total. The molecular weight excluding hydrogens is 252 g/mol. The number of amides is 1. The molecule has 0 bridgehead atoms. The van der Waals surface area contributed by atoms with Crippen LogP contribution in [-0.2, 0) is 6.54 Å². The number of aromatic nitrogens is 3. The van der Waals surface area contributed by atoms with Crippen molar-refractivity contribution in [1.82, 2.24) is 20.3 Å². The van der Waals surface area contributed by atoms with Crippen molar-refractivity contribution in [3.8, 4) is 0 Å². The summed E-state index contributed by atoms with van der Waals surface area (Å²) in [5.41, 5.74) is 4.03. The van der Waals surface area contributed by atoms with E-state index in [1.807, 2.05) is 25.1 Å². The van der Waals surface area contributed by atoms with E-state index in [1.165, 1.54) is 5.56 Å². The molecule has 0 aliphatic carbocycles. The molecule has 0 atom stereocenters. The Morgan fingerprint density at radius 2 is 2.20 bits per heavy atom. The zero-order valence-corrected chi connectivity index (χ0v) is 11.4. The zero-order valence-electron chi connectivity index (χ0n) is 11.4. The number of nitrogens with zero attached hydrogens (tertiary/aromatic N) is 1. The van der Waals surface area contributed by atoms with Crippen LogP contribution in [0.3, 0.4) is 0 Å². The number of hydrogen-bond acceptors (Lipinski definition) is 2. The Labute approximate surface area is 116 Å². The molecule has 5 nitrogen and oxygen atoms in total. The maximum atomic E-state index is 12.1. The van der Waals surface area contributed by atoms with E-state index >= 15 is 0 Å². The molecule has 0 fully saturated rings. The lowest BCUT2D eigenvalue weighted by Gasteiger charge is -2.04. The van der Waals surface area contributed by atoms with Crippen molar-refractivity contribution in [3.63, 3.8) is 0 Å². The van der Waals surface area contributed by atoms with Crippen LogP contribution < -0.4 is 5.32 Å². The Morgan fingerprint density at radius 3 is 2.95 bits per heavy atom. The predicted molar refractivity (Wildman–Crippen MR) is 77.5 cm³/mol. The number of benzene rings is 1. The third-order valence-corrected chi connectivity index (χ3v) is 3.54. The molecule has 1 amide bonds. The van der Waals surface area contributed by atoms with Gasteiger partial charge in [0.05, 0.1) is 6.54 Å². The number of imidazole rings is 1. The Hall–Kier alpha value is -2.56. The van der Waals surface area contributed by atoms with Gasteiger partial charge in [-0.1, -0.05) is 0 Å². The first-order chi connectivity index (χ1) is 9.65. The van der Waals surface area contributed by atoms with E-state index in [0.717, 1.165) is 22.4 Å². The molecule has 2 heterocycles. The van der Waals surface area contributed by atoms with Crippen molar-refractivity contribution in [1.29, 1.82) is 0 Å². The van der Waals surface area contributed by atoms with E-state index in [4.69, 9.17) is 0 Å². The number of fused-ring (bicyclic) bond motifs is 1. The van der Waals surface area contributed by atoms with E-state index in [0.29, 0.717) is 12.1 Å². The summed E-state index contributed by atoms with van der Waals surface area (Å²) in [6.07, 6.45) is 3.40. The predicted octanol–water partition coefficient (Wildman–Crippen LogP) is 2.44. The number of nitrogens with one attached hydrogen (secondary N) is 3. The summed E-state index contributed by atoms with van der Waals surface area (Å²) in [6, 6.07) is 5.69. The van der Waals surface area contributed by atoms with E-state index < -0.39 is 0 Å². The fourth-order valence-electron chi connectivity index (χ4n) is 2.26. The molecule has 0 saturated heterocycles. The summed E-state index contributed by atoms with van der Waals surface area (Å²) >= 11 is 0. The number of aryl methyl sites for hydroxylation is 2. The normalized spacial score (nSPS) is 10.9. The maximum Gasteiger partial charge on any atom is 0.251 e. The summed E-state index contributed by atoms with van der Waals surface area (Å²) in [5.74, 6) is 0.648. The summed E-state index contributed by atoms with van der Waals surface area (Å²) in [4.78, 5) is 22.5. The molecular formula is C15H16N4O. The molecule has 102 valence electrons. The Balaban J connectivity index is 1.82. The monoisotopic (exact) mass is 268 g/mol. The van der Waals surface area contributed by atoms with Crippen LogP contribution in [0.15, 0.2) is 30.6 Å². The molecule has 5 heteroatoms. The van der Waals surface area contributed by atoms with Crippen molar-refractivity contribution in [2.75, 3.05) is 0 Å². The SMILES string of the molecule is Cc1[nH]c2ccc(C(=O)NCc3ncc[nH]3)cc2c1C. The number of aromatic amines is 2. The van der Waals surface area contributed by atoms with Crippen LogP contribution in [0, 0.1) is 13.8 Å². The van der Waals surface area contributed by atoms with Gasteiger partial charge in [-0.2, -0.15) is 0 Å². The van der Waals surface area contributed by atoms with Crippen LogP contribution in [0.5, 0.6) is 0 Å². The van der Waals surface area contributed by atoms with Gasteiger partial charge in [0.2, 0.25) is 0 Å². The van der Waals surface area contributed by atoms with E-state index in [1.54, 1.807) is 12.4 Å². The molecule has 0 unspecified atom stereocenters. The lowest BCUT2D eigenvalue weighted by Crippen LogP contribution is -2.23. The second kappa shape index (κ2) is 4.85. The Bertz CT molecular complexity index is 756. The van der Waals surface area contributed by atoms with Crippen molar-refractivity contribution in [2.24, 2.45) is 0 Å². The standard InChI is InChI=1S/C15H16N4O/c1-9-10(2)19-13-4-3-11(7-12(9)13)15(20)18-8-14-16-5-6-17-14/h3-7,19H,8H2,1-2H3,(H,16,17)(H,18,20). The van der Waals surface area contributed by atoms with Crippen molar-refractivity contribution < 1.29 is 4.79 Å². The van der Waals surface area contributed by atoms with Crippen LogP contribution in [-0.4, -0.2) is 20.9 Å². The van der Waals surface area contributed by atoms with Crippen molar-refractivity contribution in [2.45, 2.75) is 20.4 Å². The highest BCUT2D eigenvalue weighted by Gasteiger charge is 2.10. The average molecular weight is 268 g/mol. The summed E-state index contributed by atoms with van der Waals surface area (Å²) < 4.78 is 0. The number of carbonyl (C=O) groups excluding carboxylic acids is 1. The molecule has 20 heavy (non-hydrogen) atoms. The van der Waals surface area contributed by atoms with Crippen LogP contribution in [0.4, 0.5) is 0 Å². The smallest absolute Gasteiger partial charge is 0.251 e. The molecule has 0 saturated carbocycles. The first-order valence-corrected chi connectivity index (χ1v) is 6.50. The van der Waals surface area contributed by atoms with Gasteiger partial charge in [0.1, 0.15) is 5.82 Å². The summed E-state index contributed by atoms with van der Waals surface area (Å²) in [6.45, 7) is 4.49. The minimum absolute atomic E-state index is 0.0958. The summed E-state index contributed by atoms with van der Waals surface area (Å²) in [5, 5.41) is 3.94. The second-order valence-electron chi connectivity index (χ2n) is 4.85. The first kappa shape index (κ1) is 12.5. The lowest BCUT2D eigenvalue weighted by molar-refractivity contribution is 0.0950. The van der Waals surface area contributed by atoms with Crippen molar-refractivity contribution >= 4 is 16.8 Å². The van der Waals surface area contributed by atoms with Gasteiger partial charge in [0.25, 0.3) is 5.91 Å². The fourth-order valence-corrected chi connectivity index (χ4v) is 2.26. The number of carbonyl (C=O) groups is 1. The molecule has 2 aromatic heterocycles. The molecule has 0 aliphatic rings. The first-order valence-electron chi connectivity index (χ1n) is 6.50. The summed E-state index contributed by atoms with van der Waals surface area (Å²) in [7, 11) is 0. The fraction of sp³-hybridized carbons (Fsp3) is 0.200. The minimum atomic E-state index is -0.0958. The van der Waals surface area contributed by atoms with E-state index in [-0.39, 0.29) is 5.91 Å². The topological polar surface area (TPSA) is 73.6 Å². The molecule has 0 spiro atoms. The molecule has 3 aromatic rings. The van der Waals surface area contributed by atoms with Gasteiger partial charge in [-0.05, 0) is 37.6 Å². The van der Waals surface area contributed by atoms with Crippen LogP contribution >= 0.6 is 0 Å². The molecule has 0 radical (unpaired) electrons. The lowest BCUT2D eigenvalue weighted by atomic mass is 10.1.